The average Bonchev–Trinajstić information content (AvgIpc) is 2.64. The summed E-state index contributed by atoms with van der Waals surface area (Å²) in [7, 11) is 0. The number of alkyl halides is 3. The fraction of sp³-hybridized carbons (Fsp3) is 0.389. The Bertz CT molecular complexity index is 823. The van der Waals surface area contributed by atoms with Gasteiger partial charge in [0.05, 0.1) is 17.4 Å². The Kier molecular flexibility index (Phi) is 6.15. The van der Waals surface area contributed by atoms with E-state index in [0.717, 1.165) is 25.3 Å². The van der Waals surface area contributed by atoms with Crippen LogP contribution in [0.4, 0.5) is 30.6 Å². The van der Waals surface area contributed by atoms with Gasteiger partial charge in [0.1, 0.15) is 0 Å². The molecule has 3 rings (SSSR count). The SMILES string of the molecule is FC(F)(F)c1cc(Cl)ccc1Nc1nncc(NCCC2=CCCCC2)n1. The number of hydrogen-bond acceptors (Lipinski definition) is 5. The molecular formula is C18H19ClF3N5. The van der Waals surface area contributed by atoms with Crippen molar-refractivity contribution in [2.45, 2.75) is 38.3 Å². The van der Waals surface area contributed by atoms with Crippen molar-refractivity contribution >= 4 is 29.1 Å². The van der Waals surface area contributed by atoms with Gasteiger partial charge in [-0.1, -0.05) is 23.3 Å². The number of aromatic nitrogens is 3. The lowest BCUT2D eigenvalue weighted by Crippen LogP contribution is -2.11. The van der Waals surface area contributed by atoms with Crippen LogP contribution in [0.2, 0.25) is 5.02 Å². The van der Waals surface area contributed by atoms with Crippen LogP contribution in [-0.2, 0) is 6.18 Å². The van der Waals surface area contributed by atoms with Gasteiger partial charge in [0, 0.05) is 11.6 Å². The molecule has 0 spiro atoms. The highest BCUT2D eigenvalue weighted by Gasteiger charge is 2.34. The highest BCUT2D eigenvalue weighted by molar-refractivity contribution is 6.30. The maximum atomic E-state index is 13.2. The Morgan fingerprint density at radius 3 is 2.78 bits per heavy atom. The van der Waals surface area contributed by atoms with Crippen LogP contribution >= 0.6 is 11.6 Å². The molecule has 144 valence electrons. The van der Waals surface area contributed by atoms with Gasteiger partial charge in [-0.05, 0) is 50.3 Å². The predicted octanol–water partition coefficient (Wildman–Crippen LogP) is 5.59. The molecule has 9 heteroatoms. The lowest BCUT2D eigenvalue weighted by Gasteiger charge is -2.15. The fourth-order valence-corrected chi connectivity index (χ4v) is 3.08. The molecule has 0 aliphatic heterocycles. The van der Waals surface area contributed by atoms with Crippen molar-refractivity contribution in [3.8, 4) is 0 Å². The summed E-state index contributed by atoms with van der Waals surface area (Å²) >= 11 is 5.69. The molecule has 0 radical (unpaired) electrons. The topological polar surface area (TPSA) is 62.7 Å². The number of nitrogens with one attached hydrogen (secondary N) is 2. The Hall–Kier alpha value is -2.35. The van der Waals surface area contributed by atoms with Crippen molar-refractivity contribution in [3.05, 3.63) is 46.6 Å². The van der Waals surface area contributed by atoms with Gasteiger partial charge in [0.2, 0.25) is 5.95 Å². The standard InChI is InChI=1S/C18H19ClF3N5/c19-13-6-7-15(14(10-13)18(20,21)22)25-17-26-16(11-24-27-17)23-9-8-12-4-2-1-3-5-12/h4,6-7,10-11H,1-3,5,8-9H2,(H2,23,25,26,27). The first kappa shape index (κ1) is 19.4. The summed E-state index contributed by atoms with van der Waals surface area (Å²) in [6.45, 7) is 0.679. The third kappa shape index (κ3) is 5.56. The largest absolute Gasteiger partial charge is 0.418 e. The normalized spacial score (nSPS) is 14.6. The van der Waals surface area contributed by atoms with Crippen molar-refractivity contribution in [2.24, 2.45) is 0 Å². The van der Waals surface area contributed by atoms with E-state index >= 15 is 0 Å². The quantitative estimate of drug-likeness (QED) is 0.622. The molecule has 0 atom stereocenters. The molecular weight excluding hydrogens is 379 g/mol. The predicted molar refractivity (Wildman–Crippen MR) is 99.2 cm³/mol. The minimum Gasteiger partial charge on any atom is -0.368 e. The van der Waals surface area contributed by atoms with Crippen molar-refractivity contribution in [2.75, 3.05) is 17.2 Å². The van der Waals surface area contributed by atoms with Crippen LogP contribution in [0.3, 0.4) is 0 Å². The lowest BCUT2D eigenvalue weighted by molar-refractivity contribution is -0.136. The molecule has 5 nitrogen and oxygen atoms in total. The van der Waals surface area contributed by atoms with Gasteiger partial charge < -0.3 is 10.6 Å². The van der Waals surface area contributed by atoms with E-state index in [-0.39, 0.29) is 16.7 Å². The molecule has 1 aromatic heterocycles. The van der Waals surface area contributed by atoms with E-state index in [0.29, 0.717) is 12.4 Å². The zero-order valence-corrected chi connectivity index (χ0v) is 15.2. The van der Waals surface area contributed by atoms with Crippen molar-refractivity contribution in [3.63, 3.8) is 0 Å². The first-order chi connectivity index (χ1) is 12.9. The van der Waals surface area contributed by atoms with Gasteiger partial charge >= 0.3 is 6.18 Å². The molecule has 2 N–H and O–H groups in total. The molecule has 1 heterocycles. The average molecular weight is 398 g/mol. The van der Waals surface area contributed by atoms with Crippen LogP contribution in [0, 0.1) is 0 Å². The summed E-state index contributed by atoms with van der Waals surface area (Å²) in [5, 5.41) is 13.3. The number of nitrogens with zero attached hydrogens (tertiary/aromatic N) is 3. The lowest BCUT2D eigenvalue weighted by atomic mass is 9.97. The van der Waals surface area contributed by atoms with Crippen molar-refractivity contribution in [1.29, 1.82) is 0 Å². The summed E-state index contributed by atoms with van der Waals surface area (Å²) in [6.07, 6.45) is 4.77. The summed E-state index contributed by atoms with van der Waals surface area (Å²) in [6, 6.07) is 3.47. The number of hydrogen-bond donors (Lipinski definition) is 2. The van der Waals surface area contributed by atoms with Crippen molar-refractivity contribution in [1.82, 2.24) is 15.2 Å². The highest BCUT2D eigenvalue weighted by atomic mass is 35.5. The Labute approximate surface area is 160 Å². The Balaban J connectivity index is 1.66. The third-order valence-electron chi connectivity index (χ3n) is 4.23. The number of allylic oxidation sites excluding steroid dienone is 1. The summed E-state index contributed by atoms with van der Waals surface area (Å²) in [4.78, 5) is 4.18. The van der Waals surface area contributed by atoms with Gasteiger partial charge in [0.25, 0.3) is 0 Å². The molecule has 2 aromatic rings. The van der Waals surface area contributed by atoms with E-state index in [1.54, 1.807) is 0 Å². The van der Waals surface area contributed by atoms with Crippen molar-refractivity contribution < 1.29 is 13.2 Å². The molecule has 0 saturated heterocycles. The van der Waals surface area contributed by atoms with E-state index in [1.165, 1.54) is 36.7 Å². The number of rotatable bonds is 6. The van der Waals surface area contributed by atoms with Crippen LogP contribution in [0.15, 0.2) is 36.0 Å². The van der Waals surface area contributed by atoms with Gasteiger partial charge in [-0.3, -0.25) is 0 Å². The zero-order valence-electron chi connectivity index (χ0n) is 14.5. The molecule has 1 aliphatic rings. The minimum absolute atomic E-state index is 0.000599. The Morgan fingerprint density at radius 2 is 2.04 bits per heavy atom. The molecule has 27 heavy (non-hydrogen) atoms. The van der Waals surface area contributed by atoms with E-state index < -0.39 is 11.7 Å². The number of halogens is 4. The first-order valence-corrected chi connectivity index (χ1v) is 9.05. The van der Waals surface area contributed by atoms with Gasteiger partial charge in [-0.2, -0.15) is 23.3 Å². The second-order valence-corrected chi connectivity index (χ2v) is 6.70. The smallest absolute Gasteiger partial charge is 0.368 e. The van der Waals surface area contributed by atoms with Gasteiger partial charge in [-0.25, -0.2) is 0 Å². The fourth-order valence-electron chi connectivity index (χ4n) is 2.90. The summed E-state index contributed by atoms with van der Waals surface area (Å²) < 4.78 is 39.5. The van der Waals surface area contributed by atoms with E-state index in [4.69, 9.17) is 11.6 Å². The first-order valence-electron chi connectivity index (χ1n) is 8.67. The number of benzene rings is 1. The van der Waals surface area contributed by atoms with Crippen LogP contribution in [-0.4, -0.2) is 21.7 Å². The van der Waals surface area contributed by atoms with Crippen LogP contribution in [0.5, 0.6) is 0 Å². The Morgan fingerprint density at radius 1 is 1.19 bits per heavy atom. The second-order valence-electron chi connectivity index (χ2n) is 6.26. The molecule has 1 aromatic carbocycles. The van der Waals surface area contributed by atoms with Crippen LogP contribution in [0.25, 0.3) is 0 Å². The third-order valence-corrected chi connectivity index (χ3v) is 4.46. The maximum Gasteiger partial charge on any atom is 0.418 e. The molecule has 0 unspecified atom stereocenters. The van der Waals surface area contributed by atoms with E-state index in [1.807, 2.05) is 0 Å². The van der Waals surface area contributed by atoms with Crippen LogP contribution in [0.1, 0.15) is 37.7 Å². The number of anilines is 3. The summed E-state index contributed by atoms with van der Waals surface area (Å²) in [5.74, 6) is 0.427. The highest BCUT2D eigenvalue weighted by Crippen LogP contribution is 2.37. The molecule has 0 saturated carbocycles. The minimum atomic E-state index is -4.55. The zero-order chi connectivity index (χ0) is 19.3. The summed E-state index contributed by atoms with van der Waals surface area (Å²) in [5.41, 5.74) is 0.351. The van der Waals surface area contributed by atoms with E-state index in [2.05, 4.69) is 31.9 Å². The van der Waals surface area contributed by atoms with Gasteiger partial charge in [-0.15, -0.1) is 5.10 Å². The van der Waals surface area contributed by atoms with E-state index in [9.17, 15) is 13.2 Å². The molecule has 0 amide bonds. The van der Waals surface area contributed by atoms with Gasteiger partial charge in [0.15, 0.2) is 5.82 Å². The molecule has 0 fully saturated rings. The maximum absolute atomic E-state index is 13.2. The molecule has 1 aliphatic carbocycles. The molecule has 0 bridgehead atoms. The van der Waals surface area contributed by atoms with Crippen LogP contribution < -0.4 is 10.6 Å². The monoisotopic (exact) mass is 397 g/mol. The second kappa shape index (κ2) is 8.56.